The van der Waals surface area contributed by atoms with E-state index < -0.39 is 5.97 Å². The molecule has 1 atom stereocenters. The average molecular weight is 610 g/mol. The second kappa shape index (κ2) is 15.5. The summed E-state index contributed by atoms with van der Waals surface area (Å²) < 4.78 is 2.32. The van der Waals surface area contributed by atoms with Gasteiger partial charge in [-0.05, 0) is 95.1 Å². The molecule has 5 rings (SSSR count). The van der Waals surface area contributed by atoms with Gasteiger partial charge in [0.15, 0.2) is 0 Å². The number of aromatic nitrogens is 4. The number of hydrogen-bond acceptors (Lipinski definition) is 7. The van der Waals surface area contributed by atoms with Crippen LogP contribution in [0.5, 0.6) is 0 Å². The Morgan fingerprint density at radius 2 is 1.86 bits per heavy atom. The molecule has 0 bridgehead atoms. The third-order valence-electron chi connectivity index (χ3n) is 9.80. The van der Waals surface area contributed by atoms with Crippen LogP contribution in [0.15, 0.2) is 36.9 Å². The zero-order valence-corrected chi connectivity index (χ0v) is 27.0. The third-order valence-corrected chi connectivity index (χ3v) is 10.9. The van der Waals surface area contributed by atoms with E-state index in [1.165, 1.54) is 68.0 Å². The Labute approximate surface area is 261 Å². The largest absolute Gasteiger partial charge is 0.481 e. The van der Waals surface area contributed by atoms with Gasteiger partial charge in [-0.25, -0.2) is 9.97 Å². The summed E-state index contributed by atoms with van der Waals surface area (Å²) in [4.78, 5) is 31.4. The molecule has 2 saturated heterocycles. The van der Waals surface area contributed by atoms with Crippen molar-refractivity contribution in [2.24, 2.45) is 5.41 Å². The molecule has 3 N–H and O–H groups in total. The van der Waals surface area contributed by atoms with Gasteiger partial charge in [0, 0.05) is 73.1 Å². The van der Waals surface area contributed by atoms with Crippen molar-refractivity contribution in [3.63, 3.8) is 0 Å². The summed E-state index contributed by atoms with van der Waals surface area (Å²) in [6, 6.07) is 5.06. The molecule has 3 aromatic rings. The Bertz CT molecular complexity index is 1240. The highest BCUT2D eigenvalue weighted by Gasteiger charge is 2.40. The lowest BCUT2D eigenvalue weighted by Crippen LogP contribution is -2.45. The third kappa shape index (κ3) is 8.77. The summed E-state index contributed by atoms with van der Waals surface area (Å²) >= 11 is 1.76. The first-order valence-electron chi connectivity index (χ1n) is 16.5. The number of carboxylic acids is 1. The van der Waals surface area contributed by atoms with E-state index in [2.05, 4.69) is 61.8 Å². The van der Waals surface area contributed by atoms with Crippen LogP contribution in [0.3, 0.4) is 0 Å². The molecule has 0 saturated carbocycles. The second-order valence-electron chi connectivity index (χ2n) is 12.7. The van der Waals surface area contributed by atoms with E-state index in [9.17, 15) is 4.79 Å². The minimum atomic E-state index is -0.731. The lowest BCUT2D eigenvalue weighted by Gasteiger charge is -2.42. The number of imidazole rings is 2. The van der Waals surface area contributed by atoms with E-state index in [1.807, 2.05) is 12.4 Å². The Hall–Kier alpha value is -2.53. The minimum Gasteiger partial charge on any atom is -0.481 e. The van der Waals surface area contributed by atoms with Gasteiger partial charge in [0.05, 0.1) is 6.04 Å². The van der Waals surface area contributed by atoms with Gasteiger partial charge in [-0.3, -0.25) is 4.79 Å². The van der Waals surface area contributed by atoms with Gasteiger partial charge >= 0.3 is 5.97 Å². The lowest BCUT2D eigenvalue weighted by atomic mass is 9.77. The predicted octanol–water partition coefficient (Wildman–Crippen LogP) is 5.52. The van der Waals surface area contributed by atoms with Crippen LogP contribution in [0.2, 0.25) is 0 Å². The fraction of sp³-hybridized carbons (Fsp3) is 0.667. The highest BCUT2D eigenvalue weighted by atomic mass is 32.1. The molecule has 9 nitrogen and oxygen atoms in total. The SMILES string of the molecule is CCC(CC)N1CCC2(CCN(CCCn3ccnc3CC(NCc3ccc(CCCC(=O)O)s3)c3ncc[nH]3)C2)CC1. The molecule has 10 heteroatoms. The number of hydrogen-bond donors (Lipinski definition) is 3. The van der Waals surface area contributed by atoms with Crippen molar-refractivity contribution in [2.75, 3.05) is 32.7 Å². The standard InChI is InChI=1S/C33H51N7O2S/c1-3-26(4-2)39-20-12-33(13-21-39)11-19-38(25-33)17-6-18-40-22-16-34-30(40)23-29(32-35-14-15-36-32)37-24-28-10-9-27(43-28)7-5-8-31(41)42/h9-10,14-16,22,26,29,37H,3-8,11-13,17-21,23-25H2,1-2H3,(H,35,36)(H,41,42). The molecule has 1 spiro atoms. The number of likely N-dealkylation sites (tertiary alicyclic amines) is 2. The van der Waals surface area contributed by atoms with E-state index in [1.54, 1.807) is 17.5 Å². The van der Waals surface area contributed by atoms with Crippen molar-refractivity contribution in [3.8, 4) is 0 Å². The number of aliphatic carboxylic acids is 1. The number of aryl methyl sites for hydroxylation is 2. The number of piperidine rings is 1. The fourth-order valence-electron chi connectivity index (χ4n) is 7.20. The molecule has 0 radical (unpaired) electrons. The number of carbonyl (C=O) groups is 1. The number of H-pyrrole nitrogens is 1. The van der Waals surface area contributed by atoms with Crippen molar-refractivity contribution < 1.29 is 9.90 Å². The first-order valence-corrected chi connectivity index (χ1v) is 17.3. The van der Waals surface area contributed by atoms with E-state index in [0.29, 0.717) is 11.8 Å². The Kier molecular flexibility index (Phi) is 11.5. The molecule has 0 aromatic carbocycles. The summed E-state index contributed by atoms with van der Waals surface area (Å²) in [5.74, 6) is 1.28. The highest BCUT2D eigenvalue weighted by Crippen LogP contribution is 2.41. The molecular weight excluding hydrogens is 558 g/mol. The van der Waals surface area contributed by atoms with Crippen molar-refractivity contribution in [1.29, 1.82) is 0 Å². The second-order valence-corrected chi connectivity index (χ2v) is 13.9. The number of rotatable bonds is 17. The number of nitrogens with one attached hydrogen (secondary N) is 2. The maximum Gasteiger partial charge on any atom is 0.303 e. The Balaban J connectivity index is 1.09. The van der Waals surface area contributed by atoms with Crippen LogP contribution in [-0.2, 0) is 30.7 Å². The summed E-state index contributed by atoms with van der Waals surface area (Å²) in [6.45, 7) is 12.6. The molecule has 5 heterocycles. The van der Waals surface area contributed by atoms with Gasteiger partial charge in [-0.2, -0.15) is 0 Å². The van der Waals surface area contributed by atoms with Gasteiger partial charge in [0.25, 0.3) is 0 Å². The van der Waals surface area contributed by atoms with Crippen LogP contribution in [0, 0.1) is 5.41 Å². The van der Waals surface area contributed by atoms with Crippen LogP contribution < -0.4 is 5.32 Å². The molecule has 1 unspecified atom stereocenters. The van der Waals surface area contributed by atoms with E-state index in [-0.39, 0.29) is 12.5 Å². The summed E-state index contributed by atoms with van der Waals surface area (Å²) in [5, 5.41) is 12.6. The van der Waals surface area contributed by atoms with Crippen LogP contribution in [-0.4, -0.2) is 79.2 Å². The average Bonchev–Trinajstić information content (AvgIpc) is 3.82. The number of aromatic amines is 1. The molecular formula is C33H51N7O2S. The van der Waals surface area contributed by atoms with Crippen LogP contribution in [0.4, 0.5) is 0 Å². The van der Waals surface area contributed by atoms with E-state index in [0.717, 1.165) is 56.6 Å². The van der Waals surface area contributed by atoms with E-state index >= 15 is 0 Å². The van der Waals surface area contributed by atoms with Crippen molar-refractivity contribution in [3.05, 3.63) is 58.3 Å². The van der Waals surface area contributed by atoms with Crippen LogP contribution in [0.1, 0.15) is 92.7 Å². The Morgan fingerprint density at radius 1 is 1.07 bits per heavy atom. The minimum absolute atomic E-state index is 0.0260. The summed E-state index contributed by atoms with van der Waals surface area (Å²) in [6.07, 6.45) is 18.0. The van der Waals surface area contributed by atoms with Crippen molar-refractivity contribution in [2.45, 2.75) is 103 Å². The van der Waals surface area contributed by atoms with Gasteiger partial charge in [-0.1, -0.05) is 13.8 Å². The number of carboxylic acid groups (broad SMARTS) is 1. The molecule has 2 fully saturated rings. The van der Waals surface area contributed by atoms with E-state index in [4.69, 9.17) is 10.1 Å². The quantitative estimate of drug-likeness (QED) is 0.185. The normalized spacial score (nSPS) is 18.2. The molecule has 43 heavy (non-hydrogen) atoms. The van der Waals surface area contributed by atoms with Gasteiger partial charge < -0.3 is 29.8 Å². The summed E-state index contributed by atoms with van der Waals surface area (Å²) in [5.41, 5.74) is 0.548. The summed E-state index contributed by atoms with van der Waals surface area (Å²) in [7, 11) is 0. The first-order chi connectivity index (χ1) is 21.0. The maximum absolute atomic E-state index is 10.8. The lowest BCUT2D eigenvalue weighted by molar-refractivity contribution is -0.137. The zero-order valence-electron chi connectivity index (χ0n) is 26.1. The number of thiophene rings is 1. The molecule has 2 aliphatic heterocycles. The molecule has 236 valence electrons. The highest BCUT2D eigenvalue weighted by molar-refractivity contribution is 7.11. The maximum atomic E-state index is 10.8. The number of nitrogens with zero attached hydrogens (tertiary/aromatic N) is 5. The molecule has 3 aromatic heterocycles. The first kappa shape index (κ1) is 31.9. The molecule has 0 aliphatic carbocycles. The predicted molar refractivity (Wildman–Crippen MR) is 172 cm³/mol. The van der Waals surface area contributed by atoms with Gasteiger partial charge in [0.1, 0.15) is 11.6 Å². The van der Waals surface area contributed by atoms with Gasteiger partial charge in [0.2, 0.25) is 0 Å². The smallest absolute Gasteiger partial charge is 0.303 e. The van der Waals surface area contributed by atoms with Crippen molar-refractivity contribution >= 4 is 17.3 Å². The topological polar surface area (TPSA) is 102 Å². The molecule has 0 amide bonds. The Morgan fingerprint density at radius 3 is 2.60 bits per heavy atom. The van der Waals surface area contributed by atoms with Crippen LogP contribution in [0.25, 0.3) is 0 Å². The molecule has 2 aliphatic rings. The monoisotopic (exact) mass is 609 g/mol. The van der Waals surface area contributed by atoms with Crippen molar-refractivity contribution in [1.82, 2.24) is 34.6 Å². The zero-order chi connectivity index (χ0) is 30.1. The fourth-order valence-corrected chi connectivity index (χ4v) is 8.21. The van der Waals surface area contributed by atoms with Gasteiger partial charge in [-0.15, -0.1) is 11.3 Å². The van der Waals surface area contributed by atoms with Crippen LogP contribution >= 0.6 is 11.3 Å².